The molecule has 3 heteroatoms. The zero-order chi connectivity index (χ0) is 13.9. The van der Waals surface area contributed by atoms with Gasteiger partial charge in [0.25, 0.3) is 0 Å². The molecular weight excluding hydrogens is 256 g/mol. The summed E-state index contributed by atoms with van der Waals surface area (Å²) in [5, 5.41) is 0. The number of hydrogen-bond donors (Lipinski definition) is 0. The van der Waals surface area contributed by atoms with Crippen molar-refractivity contribution in [2.24, 2.45) is 0 Å². The minimum absolute atomic E-state index is 0.153. The molecule has 20 heavy (non-hydrogen) atoms. The lowest BCUT2D eigenvalue weighted by atomic mass is 9.96. The van der Waals surface area contributed by atoms with Gasteiger partial charge in [-0.25, -0.2) is 8.78 Å². The van der Waals surface area contributed by atoms with Crippen molar-refractivity contribution in [1.82, 2.24) is 4.57 Å². The predicted octanol–water partition coefficient (Wildman–Crippen LogP) is 4.22. The highest BCUT2D eigenvalue weighted by Crippen LogP contribution is 2.29. The van der Waals surface area contributed by atoms with Crippen LogP contribution in [0.25, 0.3) is 0 Å². The maximum Gasteiger partial charge on any atom is 0.133 e. The molecule has 0 atom stereocenters. The van der Waals surface area contributed by atoms with E-state index in [2.05, 4.69) is 0 Å². The van der Waals surface area contributed by atoms with Crippen molar-refractivity contribution in [1.29, 1.82) is 0 Å². The van der Waals surface area contributed by atoms with E-state index in [1.165, 1.54) is 6.07 Å². The Morgan fingerprint density at radius 1 is 1.00 bits per heavy atom. The van der Waals surface area contributed by atoms with E-state index in [9.17, 15) is 8.78 Å². The summed E-state index contributed by atoms with van der Waals surface area (Å²) >= 11 is 0. The Hall–Kier alpha value is -2.16. The van der Waals surface area contributed by atoms with Crippen LogP contribution in [0.2, 0.25) is 0 Å². The van der Waals surface area contributed by atoms with Gasteiger partial charge >= 0.3 is 0 Å². The van der Waals surface area contributed by atoms with Crippen molar-refractivity contribution in [3.05, 3.63) is 83.7 Å². The van der Waals surface area contributed by atoms with E-state index < -0.39 is 11.6 Å². The van der Waals surface area contributed by atoms with E-state index in [4.69, 9.17) is 0 Å². The summed E-state index contributed by atoms with van der Waals surface area (Å²) in [6, 6.07) is 6.77. The molecule has 1 heterocycles. The molecule has 0 unspecified atom stereocenters. The molecule has 1 aliphatic carbocycles. The monoisotopic (exact) mass is 271 g/mol. The highest BCUT2D eigenvalue weighted by Gasteiger charge is 2.20. The van der Waals surface area contributed by atoms with Crippen molar-refractivity contribution in [2.45, 2.75) is 18.9 Å². The Balaban J connectivity index is 1.86. The van der Waals surface area contributed by atoms with Crippen LogP contribution >= 0.6 is 0 Å². The van der Waals surface area contributed by atoms with Crippen LogP contribution in [0.3, 0.4) is 0 Å². The highest BCUT2D eigenvalue weighted by atomic mass is 19.1. The van der Waals surface area contributed by atoms with Gasteiger partial charge in [0.15, 0.2) is 0 Å². The Bertz CT molecular complexity index is 642. The van der Waals surface area contributed by atoms with Crippen LogP contribution in [-0.2, 0) is 13.0 Å². The molecule has 0 amide bonds. The highest BCUT2D eigenvalue weighted by molar-refractivity contribution is 5.39. The van der Waals surface area contributed by atoms with Crippen molar-refractivity contribution >= 4 is 0 Å². The lowest BCUT2D eigenvalue weighted by Gasteiger charge is -2.13. The van der Waals surface area contributed by atoms with Gasteiger partial charge in [0.05, 0.1) is 0 Å². The Labute approximate surface area is 116 Å². The van der Waals surface area contributed by atoms with Crippen molar-refractivity contribution in [3.8, 4) is 0 Å². The second-order valence-electron chi connectivity index (χ2n) is 4.90. The van der Waals surface area contributed by atoms with E-state index in [1.807, 2.05) is 41.2 Å². The summed E-state index contributed by atoms with van der Waals surface area (Å²) in [4.78, 5) is 0. The third kappa shape index (κ3) is 2.44. The van der Waals surface area contributed by atoms with Crippen molar-refractivity contribution in [3.63, 3.8) is 0 Å². The lowest BCUT2D eigenvalue weighted by Crippen LogP contribution is -2.06. The predicted molar refractivity (Wildman–Crippen MR) is 75.5 cm³/mol. The number of hydrogen-bond acceptors (Lipinski definition) is 0. The summed E-state index contributed by atoms with van der Waals surface area (Å²) in [6.07, 6.45) is 11.7. The fourth-order valence-corrected chi connectivity index (χ4v) is 2.51. The Morgan fingerprint density at radius 2 is 1.70 bits per heavy atom. The number of allylic oxidation sites excluding steroid dienone is 4. The standard InChI is InChI=1S/C17H15F2N/c18-15-8-7-14(9-12-20-10-3-4-11-20)17(19)16(15)13-5-1-2-6-13/h1-8,10-11,13H,9,12H2. The first-order valence-electron chi connectivity index (χ1n) is 6.68. The van der Waals surface area contributed by atoms with Gasteiger partial charge in [0, 0.05) is 30.4 Å². The summed E-state index contributed by atoms with van der Waals surface area (Å²) in [6.45, 7) is 0.686. The molecule has 2 aromatic rings. The third-order valence-corrected chi connectivity index (χ3v) is 3.59. The first-order valence-corrected chi connectivity index (χ1v) is 6.68. The number of rotatable bonds is 4. The number of halogens is 2. The molecule has 0 N–H and O–H groups in total. The van der Waals surface area contributed by atoms with E-state index in [0.29, 0.717) is 18.5 Å². The molecule has 0 aliphatic heterocycles. The van der Waals surface area contributed by atoms with Crippen molar-refractivity contribution < 1.29 is 8.78 Å². The number of nitrogens with zero attached hydrogens (tertiary/aromatic N) is 1. The molecule has 102 valence electrons. The van der Waals surface area contributed by atoms with Gasteiger partial charge < -0.3 is 4.57 Å². The summed E-state index contributed by atoms with van der Waals surface area (Å²) in [5.41, 5.74) is 0.712. The van der Waals surface area contributed by atoms with Gasteiger partial charge in [0.1, 0.15) is 11.6 Å². The molecule has 1 aliphatic rings. The largest absolute Gasteiger partial charge is 0.354 e. The minimum atomic E-state index is -0.478. The molecule has 3 rings (SSSR count). The molecule has 0 saturated carbocycles. The van der Waals surface area contributed by atoms with Crippen LogP contribution in [0.5, 0.6) is 0 Å². The maximum atomic E-state index is 14.5. The van der Waals surface area contributed by atoms with Gasteiger partial charge in [-0.15, -0.1) is 0 Å². The minimum Gasteiger partial charge on any atom is -0.354 e. The molecule has 1 nitrogen and oxygen atoms in total. The topological polar surface area (TPSA) is 4.93 Å². The average Bonchev–Trinajstić information content (AvgIpc) is 3.11. The molecule has 1 aromatic heterocycles. The summed E-state index contributed by atoms with van der Waals surface area (Å²) in [5.74, 6) is -1.19. The van der Waals surface area contributed by atoms with Gasteiger partial charge in [-0.2, -0.15) is 0 Å². The molecule has 0 bridgehead atoms. The molecule has 0 spiro atoms. The van der Waals surface area contributed by atoms with E-state index in [-0.39, 0.29) is 11.5 Å². The molecule has 1 aromatic carbocycles. The Kier molecular flexibility index (Phi) is 3.50. The maximum absolute atomic E-state index is 14.5. The summed E-state index contributed by atoms with van der Waals surface area (Å²) in [7, 11) is 0. The quantitative estimate of drug-likeness (QED) is 0.784. The van der Waals surface area contributed by atoms with Crippen LogP contribution in [0.4, 0.5) is 8.78 Å². The smallest absolute Gasteiger partial charge is 0.133 e. The number of benzene rings is 1. The number of aryl methyl sites for hydroxylation is 2. The fraction of sp³-hybridized carbons (Fsp3) is 0.176. The number of aromatic nitrogens is 1. The molecule has 0 saturated heterocycles. The second kappa shape index (κ2) is 5.45. The van der Waals surface area contributed by atoms with Crippen LogP contribution in [0, 0.1) is 11.6 Å². The third-order valence-electron chi connectivity index (χ3n) is 3.59. The van der Waals surface area contributed by atoms with E-state index >= 15 is 0 Å². The van der Waals surface area contributed by atoms with Gasteiger partial charge in [-0.05, 0) is 30.2 Å². The van der Waals surface area contributed by atoms with Crippen LogP contribution in [0.1, 0.15) is 17.0 Å². The second-order valence-corrected chi connectivity index (χ2v) is 4.90. The molecule has 0 radical (unpaired) electrons. The average molecular weight is 271 g/mol. The van der Waals surface area contributed by atoms with Crippen LogP contribution < -0.4 is 0 Å². The fourth-order valence-electron chi connectivity index (χ4n) is 2.51. The zero-order valence-electron chi connectivity index (χ0n) is 11.0. The zero-order valence-corrected chi connectivity index (χ0v) is 11.0. The van der Waals surface area contributed by atoms with Crippen LogP contribution in [-0.4, -0.2) is 4.57 Å². The van der Waals surface area contributed by atoms with Crippen molar-refractivity contribution in [2.75, 3.05) is 0 Å². The first kappa shape index (κ1) is 12.9. The van der Waals surface area contributed by atoms with E-state index in [1.54, 1.807) is 18.2 Å². The van der Waals surface area contributed by atoms with Gasteiger partial charge in [-0.3, -0.25) is 0 Å². The first-order chi connectivity index (χ1) is 9.75. The summed E-state index contributed by atoms with van der Waals surface area (Å²) < 4.78 is 30.4. The lowest BCUT2D eigenvalue weighted by molar-refractivity contribution is 0.539. The normalized spacial score (nSPS) is 14.3. The van der Waals surface area contributed by atoms with Crippen LogP contribution in [0.15, 0.2) is 61.0 Å². The molecule has 0 fully saturated rings. The van der Waals surface area contributed by atoms with E-state index in [0.717, 1.165) is 0 Å². The van der Waals surface area contributed by atoms with Gasteiger partial charge in [0.2, 0.25) is 0 Å². The molecular formula is C17H15F2N. The van der Waals surface area contributed by atoms with Gasteiger partial charge in [-0.1, -0.05) is 30.4 Å². The SMILES string of the molecule is Fc1ccc(CCn2cccc2)c(F)c1C1C=CC=C1. The Morgan fingerprint density at radius 3 is 2.40 bits per heavy atom.